The number of rotatable bonds is 41. The van der Waals surface area contributed by atoms with Crippen LogP contribution >= 0.6 is 0 Å². The molecule has 0 radical (unpaired) electrons. The van der Waals surface area contributed by atoms with Gasteiger partial charge in [-0.2, -0.15) is 0 Å². The van der Waals surface area contributed by atoms with E-state index in [0.29, 0.717) is 128 Å². The molecule has 0 unspecified atom stereocenters. The van der Waals surface area contributed by atoms with Crippen molar-refractivity contribution in [1.29, 1.82) is 0 Å². The number of unbranched alkanes of at least 4 members (excludes halogenated alkanes) is 5. The van der Waals surface area contributed by atoms with Crippen LogP contribution in [-0.2, 0) is 42.9 Å². The molecule has 0 saturated carbocycles. The Bertz CT molecular complexity index is 1560. The molecule has 0 spiro atoms. The quantitative estimate of drug-likeness (QED) is 0.0353. The lowest BCUT2D eigenvalue weighted by atomic mass is 9.89. The van der Waals surface area contributed by atoms with Gasteiger partial charge in [0.2, 0.25) is 5.91 Å². The van der Waals surface area contributed by atoms with Crippen LogP contribution in [0.5, 0.6) is 0 Å². The molecule has 0 saturated heterocycles. The summed E-state index contributed by atoms with van der Waals surface area (Å²) in [6.45, 7) is 10.1. The number of hydrogen-bond donors (Lipinski definition) is 6. The molecule has 0 fully saturated rings. The average molecular weight is 921 g/mol. The van der Waals surface area contributed by atoms with E-state index in [2.05, 4.69) is 21.3 Å². The number of nitrogens with one attached hydrogen (secondary N) is 4. The Morgan fingerprint density at radius 3 is 1.63 bits per heavy atom. The highest BCUT2D eigenvalue weighted by atomic mass is 16.5. The monoisotopic (exact) mass is 921 g/mol. The molecule has 0 aliphatic heterocycles. The Morgan fingerprint density at radius 1 is 0.523 bits per heavy atom. The van der Waals surface area contributed by atoms with Gasteiger partial charge in [-0.15, -0.1) is 0 Å². The van der Waals surface area contributed by atoms with Gasteiger partial charge in [0.25, 0.3) is 5.91 Å². The number of carboxylic acid groups (broad SMARTS) is 2. The predicted octanol–water partition coefficient (Wildman–Crippen LogP) is 5.43. The van der Waals surface area contributed by atoms with Crippen molar-refractivity contribution in [2.45, 2.75) is 136 Å². The molecule has 65 heavy (non-hydrogen) atoms. The van der Waals surface area contributed by atoms with Crippen molar-refractivity contribution >= 4 is 47.1 Å². The topological polar surface area (TPSA) is 262 Å². The number of amides is 4. The second kappa shape index (κ2) is 36.4. The number of ketones is 3. The summed E-state index contributed by atoms with van der Waals surface area (Å²) in [6.07, 6.45) is 8.48. The molecule has 18 heteroatoms. The first-order valence-electron chi connectivity index (χ1n) is 23.1. The number of urea groups is 1. The van der Waals surface area contributed by atoms with Crippen molar-refractivity contribution in [3.8, 4) is 0 Å². The molecule has 1 aromatic carbocycles. The SMILES string of the molecule is CC(C)(C)CC(=O)CCCOCCOCCNC(=O)c1ccc(C(=O)CCCOCCOCCNC(=O)CCCCCCCCC(=O)CC[C@H](NC(=O)NCCCC(=O)O)C(=O)O)cc1. The highest BCUT2D eigenvalue weighted by Gasteiger charge is 2.21. The van der Waals surface area contributed by atoms with Crippen molar-refractivity contribution < 1.29 is 67.5 Å². The largest absolute Gasteiger partial charge is 0.481 e. The summed E-state index contributed by atoms with van der Waals surface area (Å²) < 4.78 is 22.1. The molecule has 1 aromatic rings. The van der Waals surface area contributed by atoms with Gasteiger partial charge >= 0.3 is 18.0 Å². The molecule has 368 valence electrons. The van der Waals surface area contributed by atoms with Crippen molar-refractivity contribution in [2.75, 3.05) is 72.5 Å². The first-order chi connectivity index (χ1) is 31.1. The molecular formula is C47H76N4O14. The minimum atomic E-state index is -1.25. The van der Waals surface area contributed by atoms with E-state index in [-0.39, 0.29) is 66.8 Å². The molecule has 0 aliphatic carbocycles. The first kappa shape index (κ1) is 58.2. The molecule has 4 amide bonds. The van der Waals surface area contributed by atoms with Crippen molar-refractivity contribution in [2.24, 2.45) is 5.41 Å². The summed E-state index contributed by atoms with van der Waals surface area (Å²) in [5.74, 6) is -2.40. The maximum absolute atomic E-state index is 12.6. The highest BCUT2D eigenvalue weighted by molar-refractivity contribution is 5.98. The minimum absolute atomic E-state index is 0.00340. The number of aliphatic carboxylic acids is 2. The molecule has 18 nitrogen and oxygen atoms in total. The zero-order valence-electron chi connectivity index (χ0n) is 39.0. The highest BCUT2D eigenvalue weighted by Crippen LogP contribution is 2.20. The van der Waals surface area contributed by atoms with E-state index in [1.54, 1.807) is 24.3 Å². The summed E-state index contributed by atoms with van der Waals surface area (Å²) in [7, 11) is 0. The molecule has 6 N–H and O–H groups in total. The lowest BCUT2D eigenvalue weighted by molar-refractivity contribution is -0.139. The smallest absolute Gasteiger partial charge is 0.326 e. The Kier molecular flexibility index (Phi) is 32.6. The van der Waals surface area contributed by atoms with Gasteiger partial charge in [0.05, 0.1) is 39.6 Å². The number of carboxylic acids is 2. The van der Waals surface area contributed by atoms with E-state index in [9.17, 15) is 43.5 Å². The van der Waals surface area contributed by atoms with Crippen LogP contribution in [0.2, 0.25) is 0 Å². The lowest BCUT2D eigenvalue weighted by Crippen LogP contribution is -2.46. The van der Waals surface area contributed by atoms with E-state index >= 15 is 0 Å². The zero-order valence-corrected chi connectivity index (χ0v) is 39.0. The summed E-state index contributed by atoms with van der Waals surface area (Å²) in [6, 6.07) is 4.58. The van der Waals surface area contributed by atoms with Crippen LogP contribution in [0, 0.1) is 5.41 Å². The van der Waals surface area contributed by atoms with Crippen LogP contribution < -0.4 is 21.3 Å². The van der Waals surface area contributed by atoms with Gasteiger partial charge in [-0.3, -0.25) is 28.8 Å². The molecule has 0 aliphatic rings. The Labute approximate surface area is 384 Å². The Balaban J connectivity index is 1.97. The molecule has 1 rings (SSSR count). The van der Waals surface area contributed by atoms with Gasteiger partial charge in [-0.1, -0.05) is 58.6 Å². The fourth-order valence-electron chi connectivity index (χ4n) is 6.33. The fourth-order valence-corrected chi connectivity index (χ4v) is 6.33. The standard InChI is InChI=1S/C47H76N4O14/c1-47(2,3)35-39(53)14-11-27-62-31-34-65-30-26-49-44(58)37-20-18-36(19-21-37)41(54)15-12-28-63-32-33-64-29-25-48-42(55)16-9-7-5-4-6-8-13-38(52)22-23-40(45(59)60)51-46(61)50-24-10-17-43(56)57/h18-21,40H,4-17,22-35H2,1-3H3,(H,48,55)(H,49,58)(H,56,57)(H,59,60)(H2,50,51,61)/t40-/m0/s1. The third-order valence-corrected chi connectivity index (χ3v) is 9.76. The van der Waals surface area contributed by atoms with Crippen LogP contribution in [0.1, 0.15) is 151 Å². The second-order valence-corrected chi connectivity index (χ2v) is 17.0. The van der Waals surface area contributed by atoms with Crippen molar-refractivity contribution in [3.05, 3.63) is 35.4 Å². The molecular weight excluding hydrogens is 845 g/mol. The maximum Gasteiger partial charge on any atom is 0.326 e. The number of carbonyl (C=O) groups is 8. The normalized spacial score (nSPS) is 11.7. The molecule has 0 aromatic heterocycles. The maximum atomic E-state index is 12.6. The van der Waals surface area contributed by atoms with Crippen LogP contribution in [0.4, 0.5) is 4.79 Å². The Hall–Kier alpha value is -4.78. The van der Waals surface area contributed by atoms with Crippen molar-refractivity contribution in [1.82, 2.24) is 21.3 Å². The fraction of sp³-hybridized carbons (Fsp3) is 0.702. The summed E-state index contributed by atoms with van der Waals surface area (Å²) in [5.41, 5.74) is 0.972. The molecule has 0 heterocycles. The number of Topliss-reactive ketones (excluding diaryl/α,β-unsaturated/α-hetero) is 3. The number of ether oxygens (including phenoxy) is 4. The van der Waals surface area contributed by atoms with Gasteiger partial charge < -0.3 is 50.4 Å². The Morgan fingerprint density at radius 2 is 1.05 bits per heavy atom. The first-order valence-corrected chi connectivity index (χ1v) is 23.1. The van der Waals surface area contributed by atoms with Crippen LogP contribution in [0.3, 0.4) is 0 Å². The summed E-state index contributed by atoms with van der Waals surface area (Å²) in [5, 5.41) is 28.3. The van der Waals surface area contributed by atoms with Gasteiger partial charge in [-0.25, -0.2) is 9.59 Å². The van der Waals surface area contributed by atoms with E-state index in [4.69, 9.17) is 24.1 Å². The van der Waals surface area contributed by atoms with Gasteiger partial charge in [0, 0.05) is 88.9 Å². The summed E-state index contributed by atoms with van der Waals surface area (Å²) in [4.78, 5) is 95.1. The van der Waals surface area contributed by atoms with Crippen LogP contribution in [-0.4, -0.2) is 136 Å². The van der Waals surface area contributed by atoms with Gasteiger partial charge in [-0.05, 0) is 56.1 Å². The van der Waals surface area contributed by atoms with E-state index in [1.165, 1.54) is 0 Å². The second-order valence-electron chi connectivity index (χ2n) is 17.0. The number of benzene rings is 1. The lowest BCUT2D eigenvalue weighted by Gasteiger charge is -2.16. The van der Waals surface area contributed by atoms with Crippen LogP contribution in [0.25, 0.3) is 0 Å². The molecule has 0 bridgehead atoms. The molecule has 1 atom stereocenters. The number of hydrogen-bond acceptors (Lipinski definition) is 12. The predicted molar refractivity (Wildman–Crippen MR) is 243 cm³/mol. The van der Waals surface area contributed by atoms with Crippen molar-refractivity contribution in [3.63, 3.8) is 0 Å². The van der Waals surface area contributed by atoms with E-state index < -0.39 is 24.0 Å². The minimum Gasteiger partial charge on any atom is -0.481 e. The zero-order chi connectivity index (χ0) is 48.1. The third-order valence-electron chi connectivity index (χ3n) is 9.76. The van der Waals surface area contributed by atoms with E-state index in [1.807, 2.05) is 20.8 Å². The number of carbonyl (C=O) groups excluding carboxylic acids is 6. The average Bonchev–Trinajstić information content (AvgIpc) is 3.25. The van der Waals surface area contributed by atoms with E-state index in [0.717, 1.165) is 32.1 Å². The van der Waals surface area contributed by atoms with Gasteiger partial charge in [0.15, 0.2) is 5.78 Å². The van der Waals surface area contributed by atoms with Crippen LogP contribution in [0.15, 0.2) is 24.3 Å². The summed E-state index contributed by atoms with van der Waals surface area (Å²) >= 11 is 0. The van der Waals surface area contributed by atoms with Gasteiger partial charge in [0.1, 0.15) is 17.6 Å². The third kappa shape index (κ3) is 34.3.